The van der Waals surface area contributed by atoms with E-state index in [0.29, 0.717) is 16.4 Å². The topological polar surface area (TPSA) is 75.4 Å². The van der Waals surface area contributed by atoms with Gasteiger partial charge in [0.25, 0.3) is 5.69 Å². The number of benzene rings is 2. The van der Waals surface area contributed by atoms with Crippen LogP contribution in [0.2, 0.25) is 5.02 Å². The van der Waals surface area contributed by atoms with Gasteiger partial charge in [-0.15, -0.1) is 0 Å². The SMILES string of the molecule is O=[N+]([O-])c1cc(Cl)ccc1Nc1ccc(O)cc1. The summed E-state index contributed by atoms with van der Waals surface area (Å²) < 4.78 is 0. The van der Waals surface area contributed by atoms with Crippen LogP contribution >= 0.6 is 11.6 Å². The summed E-state index contributed by atoms with van der Waals surface area (Å²) in [5, 5.41) is 23.2. The molecule has 0 spiro atoms. The van der Waals surface area contributed by atoms with Crippen molar-refractivity contribution < 1.29 is 10.0 Å². The zero-order valence-electron chi connectivity index (χ0n) is 9.13. The van der Waals surface area contributed by atoms with Crippen LogP contribution in [0.15, 0.2) is 42.5 Å². The molecule has 2 N–H and O–H groups in total. The van der Waals surface area contributed by atoms with Gasteiger partial charge < -0.3 is 10.4 Å². The average molecular weight is 265 g/mol. The quantitative estimate of drug-likeness (QED) is 0.503. The fraction of sp³-hybridized carbons (Fsp3) is 0. The van der Waals surface area contributed by atoms with Gasteiger partial charge in [0, 0.05) is 16.8 Å². The van der Waals surface area contributed by atoms with Crippen LogP contribution in [0.25, 0.3) is 0 Å². The lowest BCUT2D eigenvalue weighted by atomic mass is 10.2. The van der Waals surface area contributed by atoms with Crippen LogP contribution in [0.3, 0.4) is 0 Å². The number of nitrogens with zero attached hydrogens (tertiary/aromatic N) is 1. The lowest BCUT2D eigenvalue weighted by Crippen LogP contribution is -1.96. The van der Waals surface area contributed by atoms with Gasteiger partial charge in [-0.25, -0.2) is 0 Å². The molecular weight excluding hydrogens is 256 g/mol. The van der Waals surface area contributed by atoms with Gasteiger partial charge in [0.2, 0.25) is 0 Å². The van der Waals surface area contributed by atoms with Crippen molar-refractivity contribution in [3.05, 3.63) is 57.6 Å². The van der Waals surface area contributed by atoms with Gasteiger partial charge in [0.1, 0.15) is 11.4 Å². The minimum atomic E-state index is -0.505. The zero-order chi connectivity index (χ0) is 13.1. The van der Waals surface area contributed by atoms with Crippen molar-refractivity contribution in [2.24, 2.45) is 0 Å². The maximum absolute atomic E-state index is 10.9. The molecule has 0 atom stereocenters. The first-order valence-electron chi connectivity index (χ1n) is 5.06. The van der Waals surface area contributed by atoms with E-state index in [9.17, 15) is 10.1 Å². The van der Waals surface area contributed by atoms with Crippen molar-refractivity contribution in [1.29, 1.82) is 0 Å². The first-order valence-corrected chi connectivity index (χ1v) is 5.44. The Morgan fingerprint density at radius 2 is 1.83 bits per heavy atom. The molecule has 0 aliphatic carbocycles. The molecule has 0 radical (unpaired) electrons. The van der Waals surface area contributed by atoms with E-state index in [2.05, 4.69) is 5.32 Å². The highest BCUT2D eigenvalue weighted by atomic mass is 35.5. The molecule has 0 saturated carbocycles. The summed E-state index contributed by atoms with van der Waals surface area (Å²) in [5.41, 5.74) is 0.879. The summed E-state index contributed by atoms with van der Waals surface area (Å²) in [4.78, 5) is 10.4. The summed E-state index contributed by atoms with van der Waals surface area (Å²) in [7, 11) is 0. The number of nitro benzene ring substituents is 1. The second-order valence-corrected chi connectivity index (χ2v) is 4.03. The van der Waals surface area contributed by atoms with Gasteiger partial charge >= 0.3 is 0 Å². The van der Waals surface area contributed by atoms with Gasteiger partial charge in [-0.3, -0.25) is 10.1 Å². The number of hydrogen-bond donors (Lipinski definition) is 2. The summed E-state index contributed by atoms with van der Waals surface area (Å²) in [6.45, 7) is 0. The fourth-order valence-corrected chi connectivity index (χ4v) is 1.63. The Kier molecular flexibility index (Phi) is 3.34. The Balaban J connectivity index is 2.34. The predicted octanol–water partition coefficient (Wildman–Crippen LogP) is 3.70. The van der Waals surface area contributed by atoms with E-state index >= 15 is 0 Å². The monoisotopic (exact) mass is 264 g/mol. The Hall–Kier alpha value is -2.27. The molecule has 92 valence electrons. The Morgan fingerprint density at radius 1 is 1.17 bits per heavy atom. The molecule has 0 heterocycles. The zero-order valence-corrected chi connectivity index (χ0v) is 9.89. The molecule has 0 aliphatic rings. The highest BCUT2D eigenvalue weighted by Crippen LogP contribution is 2.30. The van der Waals surface area contributed by atoms with Crippen molar-refractivity contribution in [3.8, 4) is 5.75 Å². The second kappa shape index (κ2) is 4.93. The van der Waals surface area contributed by atoms with Crippen LogP contribution in [0.4, 0.5) is 17.1 Å². The Bertz CT molecular complexity index is 584. The van der Waals surface area contributed by atoms with Crippen molar-refractivity contribution in [3.63, 3.8) is 0 Å². The minimum Gasteiger partial charge on any atom is -0.508 e. The third kappa shape index (κ3) is 2.70. The third-order valence-electron chi connectivity index (χ3n) is 2.30. The normalized spacial score (nSPS) is 10.1. The Labute approximate surface area is 108 Å². The number of hydrogen-bond acceptors (Lipinski definition) is 4. The molecule has 6 heteroatoms. The van der Waals surface area contributed by atoms with Gasteiger partial charge in [0.15, 0.2) is 0 Å². The van der Waals surface area contributed by atoms with Crippen LogP contribution in [0.5, 0.6) is 5.75 Å². The number of phenolic OH excluding ortho intramolecular Hbond substituents is 1. The smallest absolute Gasteiger partial charge is 0.294 e. The van der Waals surface area contributed by atoms with Gasteiger partial charge in [0.05, 0.1) is 4.92 Å². The molecule has 0 aromatic heterocycles. The van der Waals surface area contributed by atoms with E-state index in [1.165, 1.54) is 24.3 Å². The van der Waals surface area contributed by atoms with Crippen LogP contribution in [0, 0.1) is 10.1 Å². The molecule has 0 aliphatic heterocycles. The van der Waals surface area contributed by atoms with E-state index in [4.69, 9.17) is 16.7 Å². The molecule has 0 saturated heterocycles. The minimum absolute atomic E-state index is 0.101. The molecule has 0 unspecified atom stereocenters. The van der Waals surface area contributed by atoms with Crippen molar-refractivity contribution in [1.82, 2.24) is 0 Å². The summed E-state index contributed by atoms with van der Waals surface area (Å²) in [6, 6.07) is 10.6. The van der Waals surface area contributed by atoms with Crippen LogP contribution < -0.4 is 5.32 Å². The van der Waals surface area contributed by atoms with Crippen LogP contribution in [0.1, 0.15) is 0 Å². The first-order chi connectivity index (χ1) is 8.56. The van der Waals surface area contributed by atoms with Crippen LogP contribution in [-0.4, -0.2) is 10.0 Å². The largest absolute Gasteiger partial charge is 0.508 e. The summed E-state index contributed by atoms with van der Waals surface area (Å²) >= 11 is 5.72. The van der Waals surface area contributed by atoms with E-state index in [0.717, 1.165) is 0 Å². The van der Waals surface area contributed by atoms with Gasteiger partial charge in [-0.2, -0.15) is 0 Å². The summed E-state index contributed by atoms with van der Waals surface area (Å²) in [6.07, 6.45) is 0. The number of nitro groups is 1. The average Bonchev–Trinajstić information content (AvgIpc) is 2.34. The van der Waals surface area contributed by atoms with E-state index in [-0.39, 0.29) is 11.4 Å². The molecule has 5 nitrogen and oxygen atoms in total. The maximum Gasteiger partial charge on any atom is 0.294 e. The number of nitrogens with one attached hydrogen (secondary N) is 1. The van der Waals surface area contributed by atoms with E-state index in [1.54, 1.807) is 18.2 Å². The number of phenols is 1. The molecule has 2 rings (SSSR count). The van der Waals surface area contributed by atoms with Crippen molar-refractivity contribution >= 4 is 28.7 Å². The highest BCUT2D eigenvalue weighted by Gasteiger charge is 2.14. The number of halogens is 1. The molecule has 0 fully saturated rings. The van der Waals surface area contributed by atoms with Crippen LogP contribution in [-0.2, 0) is 0 Å². The molecule has 18 heavy (non-hydrogen) atoms. The van der Waals surface area contributed by atoms with Crippen molar-refractivity contribution in [2.75, 3.05) is 5.32 Å². The third-order valence-corrected chi connectivity index (χ3v) is 2.54. The lowest BCUT2D eigenvalue weighted by molar-refractivity contribution is -0.383. The molecule has 0 amide bonds. The highest BCUT2D eigenvalue weighted by molar-refractivity contribution is 6.30. The van der Waals surface area contributed by atoms with Gasteiger partial charge in [-0.1, -0.05) is 11.6 Å². The standard InChI is InChI=1S/C12H9ClN2O3/c13-8-1-6-11(12(7-8)15(17)18)14-9-2-4-10(16)5-3-9/h1-7,14,16H. The molecule has 2 aromatic carbocycles. The molecule has 2 aromatic rings. The first kappa shape index (κ1) is 12.2. The van der Waals surface area contributed by atoms with E-state index in [1.807, 2.05) is 0 Å². The number of anilines is 2. The molecular formula is C12H9ClN2O3. The number of rotatable bonds is 3. The van der Waals surface area contributed by atoms with E-state index < -0.39 is 4.92 Å². The maximum atomic E-state index is 10.9. The molecule has 0 bridgehead atoms. The Morgan fingerprint density at radius 3 is 2.44 bits per heavy atom. The second-order valence-electron chi connectivity index (χ2n) is 3.59. The lowest BCUT2D eigenvalue weighted by Gasteiger charge is -2.07. The van der Waals surface area contributed by atoms with Gasteiger partial charge in [-0.05, 0) is 36.4 Å². The fourth-order valence-electron chi connectivity index (χ4n) is 1.46. The number of aromatic hydroxyl groups is 1. The van der Waals surface area contributed by atoms with Crippen molar-refractivity contribution in [2.45, 2.75) is 0 Å². The summed E-state index contributed by atoms with van der Waals surface area (Å²) in [5.74, 6) is 0.131. The predicted molar refractivity (Wildman–Crippen MR) is 69.5 cm³/mol.